The molecule has 0 spiro atoms. The van der Waals surface area contributed by atoms with E-state index >= 15 is 0 Å². The fraction of sp³-hybridized carbons (Fsp3) is 0.526. The molecule has 1 saturated heterocycles. The lowest BCUT2D eigenvalue weighted by Gasteiger charge is -2.36. The van der Waals surface area contributed by atoms with Crippen molar-refractivity contribution in [1.29, 1.82) is 5.26 Å². The third-order valence-electron chi connectivity index (χ3n) is 4.82. The molecule has 0 radical (unpaired) electrons. The molecule has 0 saturated carbocycles. The molecule has 0 unspecified atom stereocenters. The van der Waals surface area contributed by atoms with E-state index in [9.17, 15) is 5.26 Å². The minimum absolute atomic E-state index is 0.176. The molecule has 2 aromatic rings. The number of rotatable bonds is 4. The molecule has 0 aromatic carbocycles. The van der Waals surface area contributed by atoms with Crippen molar-refractivity contribution in [2.75, 3.05) is 12.3 Å². The van der Waals surface area contributed by atoms with E-state index in [4.69, 9.17) is 10.5 Å². The summed E-state index contributed by atoms with van der Waals surface area (Å²) >= 11 is 0. The lowest BCUT2D eigenvalue weighted by atomic mass is 9.81. The molecule has 2 aromatic heterocycles. The molecule has 6 heteroatoms. The first-order valence-electron chi connectivity index (χ1n) is 8.82. The summed E-state index contributed by atoms with van der Waals surface area (Å²) in [6.45, 7) is 7.07. The van der Waals surface area contributed by atoms with Crippen molar-refractivity contribution in [3.05, 3.63) is 29.3 Å². The summed E-state index contributed by atoms with van der Waals surface area (Å²) in [5.74, 6) is 0.577. The maximum Gasteiger partial charge on any atom is 0.142 e. The summed E-state index contributed by atoms with van der Waals surface area (Å²) in [4.78, 5) is 11.9. The van der Waals surface area contributed by atoms with Gasteiger partial charge in [-0.1, -0.05) is 13.3 Å². The van der Waals surface area contributed by atoms with E-state index in [1.807, 2.05) is 0 Å². The molecule has 3 heterocycles. The zero-order valence-corrected chi connectivity index (χ0v) is 15.1. The Labute approximate surface area is 148 Å². The predicted molar refractivity (Wildman–Crippen MR) is 96.9 cm³/mol. The molecule has 132 valence electrons. The van der Waals surface area contributed by atoms with Gasteiger partial charge in [-0.25, -0.2) is 9.97 Å². The Morgan fingerprint density at radius 2 is 2.28 bits per heavy atom. The lowest BCUT2D eigenvalue weighted by molar-refractivity contribution is -0.0598. The van der Waals surface area contributed by atoms with Gasteiger partial charge >= 0.3 is 0 Å². The fourth-order valence-corrected chi connectivity index (χ4v) is 3.77. The van der Waals surface area contributed by atoms with Crippen LogP contribution >= 0.6 is 0 Å². The summed E-state index contributed by atoms with van der Waals surface area (Å²) in [6.07, 6.45) is 7.00. The Balaban J connectivity index is 2.20. The summed E-state index contributed by atoms with van der Waals surface area (Å²) < 4.78 is 5.87. The fourth-order valence-electron chi connectivity index (χ4n) is 3.77. The monoisotopic (exact) mass is 339 g/mol. The van der Waals surface area contributed by atoms with Gasteiger partial charge in [0.25, 0.3) is 0 Å². The standard InChI is InChI=1S/C19H25N5O/c1-4-5-13-16(15-10-22-11-23-15)14(9-20)18(21)24-17(13)12-6-7-25-19(2,3)8-12/h10-12H,4-8H2,1-3H3,(H2,21,24)(H,22,23)/t12-/m0/s1. The first-order chi connectivity index (χ1) is 12.0. The van der Waals surface area contributed by atoms with E-state index in [0.29, 0.717) is 18.0 Å². The quantitative estimate of drug-likeness (QED) is 0.887. The van der Waals surface area contributed by atoms with Gasteiger partial charge in [0.1, 0.15) is 17.5 Å². The van der Waals surface area contributed by atoms with Crippen LogP contribution in [0.25, 0.3) is 11.3 Å². The number of aromatic amines is 1. The van der Waals surface area contributed by atoms with Crippen LogP contribution in [0.2, 0.25) is 0 Å². The number of nitriles is 1. The van der Waals surface area contributed by atoms with Crippen LogP contribution in [0.15, 0.2) is 12.5 Å². The number of aromatic nitrogens is 3. The van der Waals surface area contributed by atoms with Crippen molar-refractivity contribution in [1.82, 2.24) is 15.0 Å². The largest absolute Gasteiger partial charge is 0.383 e. The van der Waals surface area contributed by atoms with Crippen LogP contribution in [0.4, 0.5) is 5.82 Å². The first kappa shape index (κ1) is 17.4. The van der Waals surface area contributed by atoms with Gasteiger partial charge < -0.3 is 15.5 Å². The first-order valence-corrected chi connectivity index (χ1v) is 8.82. The normalized spacial score (nSPS) is 19.5. The SMILES string of the molecule is CCCc1c([C@H]2CCOC(C)(C)C2)nc(N)c(C#N)c1-c1cnc[nH]1. The molecule has 6 nitrogen and oxygen atoms in total. The van der Waals surface area contributed by atoms with E-state index in [1.54, 1.807) is 12.5 Å². The van der Waals surface area contributed by atoms with Crippen molar-refractivity contribution in [2.24, 2.45) is 0 Å². The molecule has 3 N–H and O–H groups in total. The van der Waals surface area contributed by atoms with E-state index in [2.05, 4.69) is 41.8 Å². The number of H-pyrrole nitrogens is 1. The molecule has 3 rings (SSSR count). The molecule has 0 bridgehead atoms. The molecule has 0 amide bonds. The second-order valence-electron chi connectivity index (χ2n) is 7.24. The predicted octanol–water partition coefficient (Wildman–Crippen LogP) is 3.55. The summed E-state index contributed by atoms with van der Waals surface area (Å²) in [7, 11) is 0. The zero-order valence-electron chi connectivity index (χ0n) is 15.1. The highest BCUT2D eigenvalue weighted by Crippen LogP contribution is 2.40. The van der Waals surface area contributed by atoms with Crippen LogP contribution in [0.1, 0.15) is 62.8 Å². The van der Waals surface area contributed by atoms with Crippen LogP contribution < -0.4 is 5.73 Å². The number of nitrogens with zero attached hydrogens (tertiary/aromatic N) is 3. The van der Waals surface area contributed by atoms with Crippen LogP contribution in [0.3, 0.4) is 0 Å². The van der Waals surface area contributed by atoms with E-state index in [-0.39, 0.29) is 11.5 Å². The Bertz CT molecular complexity index is 789. The summed E-state index contributed by atoms with van der Waals surface area (Å²) in [5.41, 5.74) is 10.2. The molecule has 1 aliphatic heterocycles. The number of nitrogen functional groups attached to an aromatic ring is 1. The van der Waals surface area contributed by atoms with E-state index < -0.39 is 0 Å². The maximum atomic E-state index is 9.65. The Hall–Kier alpha value is -2.39. The number of pyridine rings is 1. The van der Waals surface area contributed by atoms with Gasteiger partial charge in [0, 0.05) is 18.1 Å². The summed E-state index contributed by atoms with van der Waals surface area (Å²) in [5, 5.41) is 9.65. The summed E-state index contributed by atoms with van der Waals surface area (Å²) in [6, 6.07) is 2.24. The number of hydrogen-bond acceptors (Lipinski definition) is 5. The molecule has 25 heavy (non-hydrogen) atoms. The highest BCUT2D eigenvalue weighted by molar-refractivity contribution is 5.77. The molecule has 1 atom stereocenters. The van der Waals surface area contributed by atoms with Gasteiger partial charge in [-0.05, 0) is 38.7 Å². The van der Waals surface area contributed by atoms with Crippen molar-refractivity contribution < 1.29 is 4.74 Å². The Morgan fingerprint density at radius 3 is 2.88 bits per heavy atom. The molecular weight excluding hydrogens is 314 g/mol. The smallest absolute Gasteiger partial charge is 0.142 e. The van der Waals surface area contributed by atoms with Gasteiger partial charge in [0.05, 0.1) is 29.5 Å². The zero-order chi connectivity index (χ0) is 18.0. The minimum atomic E-state index is -0.176. The van der Waals surface area contributed by atoms with Crippen molar-refractivity contribution in [3.8, 4) is 17.3 Å². The Morgan fingerprint density at radius 1 is 1.48 bits per heavy atom. The number of imidazole rings is 1. The number of ether oxygens (including phenoxy) is 1. The molecule has 1 aliphatic rings. The van der Waals surface area contributed by atoms with Gasteiger partial charge in [-0.2, -0.15) is 5.26 Å². The number of nitrogens with two attached hydrogens (primary N) is 1. The molecular formula is C19H25N5O. The second kappa shape index (κ2) is 6.85. The van der Waals surface area contributed by atoms with Crippen molar-refractivity contribution in [3.63, 3.8) is 0 Å². The van der Waals surface area contributed by atoms with Crippen molar-refractivity contribution in [2.45, 2.75) is 58.0 Å². The number of nitrogens with one attached hydrogen (secondary N) is 1. The van der Waals surface area contributed by atoms with Crippen LogP contribution in [0, 0.1) is 11.3 Å². The maximum absolute atomic E-state index is 9.65. The highest BCUT2D eigenvalue weighted by atomic mass is 16.5. The van der Waals surface area contributed by atoms with Crippen LogP contribution in [0.5, 0.6) is 0 Å². The van der Waals surface area contributed by atoms with Gasteiger partial charge in [-0.15, -0.1) is 0 Å². The average Bonchev–Trinajstić information content (AvgIpc) is 3.09. The molecule has 1 fully saturated rings. The lowest BCUT2D eigenvalue weighted by Crippen LogP contribution is -2.33. The highest BCUT2D eigenvalue weighted by Gasteiger charge is 2.33. The third kappa shape index (κ3) is 3.38. The van der Waals surface area contributed by atoms with Gasteiger partial charge in [0.2, 0.25) is 0 Å². The second-order valence-corrected chi connectivity index (χ2v) is 7.24. The average molecular weight is 339 g/mol. The van der Waals surface area contributed by atoms with E-state index in [1.165, 1.54) is 0 Å². The van der Waals surface area contributed by atoms with Gasteiger partial charge in [0.15, 0.2) is 0 Å². The number of hydrogen-bond donors (Lipinski definition) is 2. The number of anilines is 1. The van der Waals surface area contributed by atoms with Crippen LogP contribution in [-0.2, 0) is 11.2 Å². The topological polar surface area (TPSA) is 101 Å². The van der Waals surface area contributed by atoms with Crippen LogP contribution in [-0.4, -0.2) is 27.2 Å². The van der Waals surface area contributed by atoms with E-state index in [0.717, 1.165) is 48.2 Å². The minimum Gasteiger partial charge on any atom is -0.383 e. The molecule has 0 aliphatic carbocycles. The Kier molecular flexibility index (Phi) is 4.78. The third-order valence-corrected chi connectivity index (χ3v) is 4.82. The van der Waals surface area contributed by atoms with Gasteiger partial charge in [-0.3, -0.25) is 0 Å². The van der Waals surface area contributed by atoms with Crippen molar-refractivity contribution >= 4 is 5.82 Å².